The van der Waals surface area contributed by atoms with Crippen molar-refractivity contribution < 1.29 is 38.2 Å². The van der Waals surface area contributed by atoms with Crippen LogP contribution in [-0.4, -0.2) is 84.3 Å². The van der Waals surface area contributed by atoms with E-state index >= 15 is 0 Å². The molecule has 2 aliphatic rings. The number of likely N-dealkylation sites (tertiary alicyclic amines) is 1. The normalized spacial score (nSPS) is 25.3. The molecule has 1 amide bonds. The van der Waals surface area contributed by atoms with Crippen molar-refractivity contribution in [3.8, 4) is 0 Å². The van der Waals surface area contributed by atoms with Gasteiger partial charge in [0.05, 0.1) is 0 Å². The number of aliphatic carboxylic acids is 1. The Balaban J connectivity index is 1.77. The van der Waals surface area contributed by atoms with Gasteiger partial charge in [-0.25, -0.2) is 0 Å². The Bertz CT molecular complexity index is 629. The molecular weight excluding hydrogens is 417 g/mol. The molecule has 0 radical (unpaired) electrons. The number of amides is 1. The van der Waals surface area contributed by atoms with Crippen LogP contribution in [0.2, 0.25) is 0 Å². The summed E-state index contributed by atoms with van der Waals surface area (Å²) in [6.45, 7) is 7.99. The van der Waals surface area contributed by atoms with Gasteiger partial charge in [0.25, 0.3) is 0 Å². The predicted octanol–water partition coefficient (Wildman–Crippen LogP) is 0.0382. The Morgan fingerprint density at radius 1 is 1.30 bits per heavy atom. The number of carbonyl (C=O) groups excluding carboxylic acids is 2. The second kappa shape index (κ2) is 10.8. The molecule has 174 valence electrons. The van der Waals surface area contributed by atoms with E-state index in [9.17, 15) is 19.3 Å². The first-order valence-electron chi connectivity index (χ1n) is 10.2. The first kappa shape index (κ1) is 24.9. The Morgan fingerprint density at radius 2 is 1.97 bits per heavy atom. The van der Waals surface area contributed by atoms with Gasteiger partial charge >= 0.3 is 164 Å². The van der Waals surface area contributed by atoms with Crippen LogP contribution in [0.5, 0.6) is 0 Å². The summed E-state index contributed by atoms with van der Waals surface area (Å²) in [7, 11) is -4.06. The zero-order valence-corrected chi connectivity index (χ0v) is 18.8. The van der Waals surface area contributed by atoms with Gasteiger partial charge in [-0.05, 0) is 12.8 Å². The summed E-state index contributed by atoms with van der Waals surface area (Å²) in [5, 5.41) is 14.1. The van der Waals surface area contributed by atoms with Crippen LogP contribution in [0.4, 0.5) is 0 Å². The molecule has 0 aromatic heterocycles. The summed E-state index contributed by atoms with van der Waals surface area (Å²) in [6, 6.07) is -1.11. The summed E-state index contributed by atoms with van der Waals surface area (Å²) in [4.78, 5) is 48.2. The fourth-order valence-corrected chi connectivity index (χ4v) is 5.48. The van der Waals surface area contributed by atoms with E-state index in [1.54, 1.807) is 13.8 Å². The minimum absolute atomic E-state index is 0.00564. The van der Waals surface area contributed by atoms with E-state index in [0.717, 1.165) is 13.1 Å². The summed E-state index contributed by atoms with van der Waals surface area (Å²) in [6.07, 6.45) is 1.30. The average Bonchev–Trinajstić information content (AvgIpc) is 3.17. The Morgan fingerprint density at radius 3 is 2.60 bits per heavy atom. The van der Waals surface area contributed by atoms with Crippen LogP contribution >= 0.6 is 8.09 Å². The maximum absolute atomic E-state index is 12.6. The number of rotatable bonds is 10. The van der Waals surface area contributed by atoms with Gasteiger partial charge in [-0.15, -0.1) is 0 Å². The molecule has 0 spiro atoms. The third kappa shape index (κ3) is 7.40. The first-order chi connectivity index (χ1) is 14.0. The number of carboxylic acid groups (broad SMARTS) is 1. The van der Waals surface area contributed by atoms with E-state index in [4.69, 9.17) is 18.9 Å². The maximum atomic E-state index is 12.6. The van der Waals surface area contributed by atoms with E-state index < -0.39 is 43.5 Å². The van der Waals surface area contributed by atoms with Crippen molar-refractivity contribution in [2.24, 2.45) is 5.41 Å². The molecule has 4 N–H and O–H groups in total. The number of nitrogens with zero attached hydrogens (tertiary/aromatic N) is 1. The van der Waals surface area contributed by atoms with Crippen LogP contribution < -0.4 is 10.4 Å². The molecule has 0 aromatic carbocycles. The van der Waals surface area contributed by atoms with Crippen LogP contribution in [0.25, 0.3) is 0 Å². The molecule has 2 saturated heterocycles. The van der Waals surface area contributed by atoms with Gasteiger partial charge in [-0.3, -0.25) is 0 Å². The molecule has 0 unspecified atom stereocenters. The molecule has 2 aliphatic heterocycles. The second-order valence-corrected chi connectivity index (χ2v) is 10.3. The molecule has 12 heteroatoms. The Labute approximate surface area is 177 Å². The average molecular weight is 451 g/mol. The molecule has 2 heterocycles. The van der Waals surface area contributed by atoms with Gasteiger partial charge in [0.1, 0.15) is 0 Å². The topological polar surface area (TPSA) is 147 Å². The molecule has 0 saturated carbocycles. The van der Waals surface area contributed by atoms with E-state index in [1.165, 1.54) is 19.8 Å². The minimum atomic E-state index is -4.06. The van der Waals surface area contributed by atoms with Crippen LogP contribution in [0.1, 0.15) is 40.0 Å². The molecule has 0 aromatic rings. The number of carboxylic acids is 1. The van der Waals surface area contributed by atoms with Gasteiger partial charge in [-0.2, -0.15) is 0 Å². The fraction of sp³-hybridized carbons (Fsp3) is 0.833. The predicted molar refractivity (Wildman–Crippen MR) is 110 cm³/mol. The third-order valence-electron chi connectivity index (χ3n) is 5.13. The van der Waals surface area contributed by atoms with E-state index in [1.807, 2.05) is 0 Å². The summed E-state index contributed by atoms with van der Waals surface area (Å²) in [5.41, 5.74) is -0.756. The standard InChI is InChI=1S/C18H34N3O8P/c1-13(17(24)25)20-30(26)28-12-18(2,3)15(29-30)16(23)19-7-6-14(22)27-11-10-21-8-4-5-9-21/h13,15,20,26,30H,4-12H2,1-3H3,(H,19,23)(H,24,25)/t13-,15-/m0/s1. The third-order valence-corrected chi connectivity index (χ3v) is 7.02. The van der Waals surface area contributed by atoms with Gasteiger partial charge in [-0.1, -0.05) is 0 Å². The van der Waals surface area contributed by atoms with Gasteiger partial charge in [0.15, 0.2) is 0 Å². The first-order valence-corrected chi connectivity index (χ1v) is 12.0. The second-order valence-electron chi connectivity index (χ2n) is 8.37. The molecule has 2 rings (SSSR count). The number of hydrogen-bond acceptors (Lipinski definition) is 9. The Kier molecular flexibility index (Phi) is 8.96. The number of ether oxygens (including phenoxy) is 1. The number of hydrogen-bond donors (Lipinski definition) is 4. The molecule has 30 heavy (non-hydrogen) atoms. The Hall–Kier alpha value is -1.36. The molecule has 0 bridgehead atoms. The molecule has 0 aliphatic carbocycles. The zero-order chi connectivity index (χ0) is 22.4. The molecule has 2 fully saturated rings. The molecular formula is C18H34N3O8P. The van der Waals surface area contributed by atoms with Crippen molar-refractivity contribution in [2.45, 2.75) is 52.2 Å². The molecule has 2 atom stereocenters. The SMILES string of the molecule is C[C@H](N[PH]1(O)OCC(C)(C)[C@H](C(=O)NCCC(=O)OCCN2CCCC2)O1)C(=O)O. The fourth-order valence-electron chi connectivity index (χ4n) is 3.28. The van der Waals surface area contributed by atoms with Crippen molar-refractivity contribution in [3.63, 3.8) is 0 Å². The number of nitrogens with one attached hydrogen (secondary N) is 2. The van der Waals surface area contributed by atoms with Gasteiger partial charge < -0.3 is 0 Å². The van der Waals surface area contributed by atoms with Crippen molar-refractivity contribution in [2.75, 3.05) is 39.4 Å². The van der Waals surface area contributed by atoms with Crippen molar-refractivity contribution >= 4 is 25.9 Å². The molecule has 11 nitrogen and oxygen atoms in total. The summed E-state index contributed by atoms with van der Waals surface area (Å²) in [5.74, 6) is -2.09. The number of carbonyl (C=O) groups is 3. The monoisotopic (exact) mass is 451 g/mol. The van der Waals surface area contributed by atoms with Crippen molar-refractivity contribution in [1.29, 1.82) is 0 Å². The zero-order valence-electron chi connectivity index (χ0n) is 17.8. The van der Waals surface area contributed by atoms with Crippen molar-refractivity contribution in [3.05, 3.63) is 0 Å². The van der Waals surface area contributed by atoms with Gasteiger partial charge in [0.2, 0.25) is 0 Å². The van der Waals surface area contributed by atoms with E-state index in [-0.39, 0.29) is 19.6 Å². The summed E-state index contributed by atoms with van der Waals surface area (Å²) < 4.78 is 16.1. The van der Waals surface area contributed by atoms with Crippen LogP contribution in [0.15, 0.2) is 0 Å². The van der Waals surface area contributed by atoms with Crippen LogP contribution in [-0.2, 0) is 28.2 Å². The van der Waals surface area contributed by atoms with Gasteiger partial charge in [0, 0.05) is 0 Å². The van der Waals surface area contributed by atoms with Crippen molar-refractivity contribution in [1.82, 2.24) is 15.3 Å². The van der Waals surface area contributed by atoms with Crippen LogP contribution in [0, 0.1) is 5.41 Å². The van der Waals surface area contributed by atoms with Crippen LogP contribution in [0.3, 0.4) is 0 Å². The van der Waals surface area contributed by atoms with E-state index in [2.05, 4.69) is 15.3 Å². The summed E-state index contributed by atoms with van der Waals surface area (Å²) >= 11 is 0. The number of esters is 1. The van der Waals surface area contributed by atoms with E-state index in [0.29, 0.717) is 13.2 Å². The quantitative estimate of drug-likeness (QED) is 0.265.